The minimum atomic E-state index is 0.418. The van der Waals surface area contributed by atoms with E-state index in [4.69, 9.17) is 0 Å². The first kappa shape index (κ1) is 13.7. The molecule has 1 aromatic rings. The minimum absolute atomic E-state index is 0.418. The van der Waals surface area contributed by atoms with Gasteiger partial charge in [-0.1, -0.05) is 20.3 Å². The Labute approximate surface area is 114 Å². The van der Waals surface area contributed by atoms with E-state index >= 15 is 0 Å². The molecule has 0 aromatic carbocycles. The highest BCUT2D eigenvalue weighted by Crippen LogP contribution is 2.22. The molecule has 1 N–H and O–H groups in total. The van der Waals surface area contributed by atoms with Crippen molar-refractivity contribution in [3.8, 4) is 0 Å². The SMILES string of the molecule is CCN(CC1CCCCN1)c1nc(C(C)C)ns1. The molecule has 1 fully saturated rings. The van der Waals surface area contributed by atoms with Crippen LogP contribution in [-0.4, -0.2) is 35.0 Å². The Hall–Kier alpha value is -0.680. The van der Waals surface area contributed by atoms with E-state index in [2.05, 4.69) is 40.3 Å². The first-order valence-corrected chi connectivity index (χ1v) is 7.80. The normalized spacial score (nSPS) is 20.3. The zero-order valence-electron chi connectivity index (χ0n) is 11.6. The Morgan fingerprint density at radius 3 is 2.83 bits per heavy atom. The smallest absolute Gasteiger partial charge is 0.205 e. The van der Waals surface area contributed by atoms with Gasteiger partial charge in [-0.2, -0.15) is 4.37 Å². The largest absolute Gasteiger partial charge is 0.346 e. The van der Waals surface area contributed by atoms with Crippen molar-refractivity contribution in [2.45, 2.75) is 52.0 Å². The van der Waals surface area contributed by atoms with Crippen LogP contribution < -0.4 is 10.2 Å². The van der Waals surface area contributed by atoms with Gasteiger partial charge in [0.05, 0.1) is 0 Å². The van der Waals surface area contributed by atoms with Crippen molar-refractivity contribution >= 4 is 16.7 Å². The third-order valence-corrected chi connectivity index (χ3v) is 4.24. The first-order chi connectivity index (χ1) is 8.70. The van der Waals surface area contributed by atoms with Crippen LogP contribution in [0.5, 0.6) is 0 Å². The molecule has 0 spiro atoms. The van der Waals surface area contributed by atoms with Gasteiger partial charge in [-0.3, -0.25) is 0 Å². The summed E-state index contributed by atoms with van der Waals surface area (Å²) >= 11 is 1.54. The molecule has 0 saturated carbocycles. The highest BCUT2D eigenvalue weighted by Gasteiger charge is 2.19. The quantitative estimate of drug-likeness (QED) is 0.891. The number of piperidine rings is 1. The van der Waals surface area contributed by atoms with Crippen LogP contribution in [0.15, 0.2) is 0 Å². The summed E-state index contributed by atoms with van der Waals surface area (Å²) in [6.45, 7) is 9.71. The maximum atomic E-state index is 4.65. The summed E-state index contributed by atoms with van der Waals surface area (Å²) in [5, 5.41) is 4.68. The van der Waals surface area contributed by atoms with Crippen molar-refractivity contribution in [3.05, 3.63) is 5.82 Å². The molecule has 1 aromatic heterocycles. The van der Waals surface area contributed by atoms with E-state index in [0.29, 0.717) is 12.0 Å². The predicted octanol–water partition coefficient (Wildman–Crippen LogP) is 2.63. The number of anilines is 1. The van der Waals surface area contributed by atoms with Crippen LogP contribution in [0, 0.1) is 0 Å². The van der Waals surface area contributed by atoms with Gasteiger partial charge >= 0.3 is 0 Å². The molecule has 1 atom stereocenters. The molecule has 1 aliphatic heterocycles. The fourth-order valence-corrected chi connectivity index (χ4v) is 3.16. The van der Waals surface area contributed by atoms with Crippen LogP contribution in [0.3, 0.4) is 0 Å². The molecule has 1 aliphatic rings. The van der Waals surface area contributed by atoms with Gasteiger partial charge in [0.2, 0.25) is 5.13 Å². The fourth-order valence-electron chi connectivity index (χ4n) is 2.28. The molecule has 18 heavy (non-hydrogen) atoms. The highest BCUT2D eigenvalue weighted by molar-refractivity contribution is 7.09. The van der Waals surface area contributed by atoms with Crippen LogP contribution in [0.4, 0.5) is 5.13 Å². The van der Waals surface area contributed by atoms with Gasteiger partial charge in [-0.05, 0) is 26.3 Å². The van der Waals surface area contributed by atoms with Crippen LogP contribution in [0.2, 0.25) is 0 Å². The van der Waals surface area contributed by atoms with E-state index in [1.54, 1.807) is 0 Å². The van der Waals surface area contributed by atoms with E-state index < -0.39 is 0 Å². The standard InChI is InChI=1S/C13H24N4S/c1-4-17(9-11-7-5-6-8-14-11)13-15-12(10(2)3)16-18-13/h10-11,14H,4-9H2,1-3H3. The summed E-state index contributed by atoms with van der Waals surface area (Å²) in [4.78, 5) is 7.01. The zero-order valence-corrected chi connectivity index (χ0v) is 12.5. The topological polar surface area (TPSA) is 41.0 Å². The van der Waals surface area contributed by atoms with Gasteiger partial charge in [0.15, 0.2) is 0 Å². The Kier molecular flexibility index (Phi) is 4.95. The molecule has 0 aliphatic carbocycles. The van der Waals surface area contributed by atoms with Gasteiger partial charge in [-0.25, -0.2) is 4.98 Å². The van der Waals surface area contributed by atoms with E-state index in [1.165, 1.54) is 30.8 Å². The maximum absolute atomic E-state index is 4.65. The molecule has 0 amide bonds. The predicted molar refractivity (Wildman–Crippen MR) is 77.5 cm³/mol. The van der Waals surface area contributed by atoms with Crippen LogP contribution in [-0.2, 0) is 0 Å². The molecular weight excluding hydrogens is 244 g/mol. The molecule has 5 heteroatoms. The van der Waals surface area contributed by atoms with Gasteiger partial charge in [0, 0.05) is 36.6 Å². The number of nitrogens with zero attached hydrogens (tertiary/aromatic N) is 3. The van der Waals surface area contributed by atoms with Crippen LogP contribution in [0.1, 0.15) is 51.8 Å². The van der Waals surface area contributed by atoms with Gasteiger partial charge in [0.25, 0.3) is 0 Å². The lowest BCUT2D eigenvalue weighted by atomic mass is 10.0. The second kappa shape index (κ2) is 6.48. The number of aromatic nitrogens is 2. The molecule has 2 heterocycles. The van der Waals surface area contributed by atoms with Crippen molar-refractivity contribution in [2.24, 2.45) is 0 Å². The van der Waals surface area contributed by atoms with E-state index in [1.807, 2.05) is 0 Å². The Balaban J connectivity index is 1.98. The number of hydrogen-bond acceptors (Lipinski definition) is 5. The van der Waals surface area contributed by atoms with E-state index in [0.717, 1.165) is 30.6 Å². The number of rotatable bonds is 5. The van der Waals surface area contributed by atoms with Gasteiger partial charge in [0.1, 0.15) is 5.82 Å². The average Bonchev–Trinajstić information content (AvgIpc) is 2.87. The summed E-state index contributed by atoms with van der Waals surface area (Å²) < 4.78 is 4.45. The monoisotopic (exact) mass is 268 g/mol. The third kappa shape index (κ3) is 3.42. The number of nitrogens with one attached hydrogen (secondary N) is 1. The molecular formula is C13H24N4S. The van der Waals surface area contributed by atoms with Crippen molar-refractivity contribution < 1.29 is 0 Å². The molecule has 2 rings (SSSR count). The molecule has 102 valence electrons. The summed E-state index contributed by atoms with van der Waals surface area (Å²) in [6, 6.07) is 0.616. The second-order valence-electron chi connectivity index (χ2n) is 5.28. The number of likely N-dealkylation sites (N-methyl/N-ethyl adjacent to an activating group) is 1. The lowest BCUT2D eigenvalue weighted by Crippen LogP contribution is -2.43. The first-order valence-electron chi connectivity index (χ1n) is 7.02. The highest BCUT2D eigenvalue weighted by atomic mass is 32.1. The summed E-state index contributed by atoms with van der Waals surface area (Å²) in [5.74, 6) is 1.39. The Bertz CT molecular complexity index is 358. The summed E-state index contributed by atoms with van der Waals surface area (Å²) in [7, 11) is 0. The molecule has 0 radical (unpaired) electrons. The summed E-state index contributed by atoms with van der Waals surface area (Å²) in [6.07, 6.45) is 3.95. The lowest BCUT2D eigenvalue weighted by Gasteiger charge is -2.29. The van der Waals surface area contributed by atoms with Crippen molar-refractivity contribution in [1.29, 1.82) is 0 Å². The Morgan fingerprint density at radius 1 is 1.44 bits per heavy atom. The van der Waals surface area contributed by atoms with Crippen LogP contribution in [0.25, 0.3) is 0 Å². The molecule has 1 unspecified atom stereocenters. The third-order valence-electron chi connectivity index (χ3n) is 3.45. The maximum Gasteiger partial charge on any atom is 0.205 e. The molecule has 1 saturated heterocycles. The van der Waals surface area contributed by atoms with Crippen LogP contribution >= 0.6 is 11.5 Å². The van der Waals surface area contributed by atoms with E-state index in [9.17, 15) is 0 Å². The van der Waals surface area contributed by atoms with Crippen molar-refractivity contribution in [3.63, 3.8) is 0 Å². The van der Waals surface area contributed by atoms with Gasteiger partial charge < -0.3 is 10.2 Å². The van der Waals surface area contributed by atoms with Crippen molar-refractivity contribution in [2.75, 3.05) is 24.5 Å². The molecule has 0 bridgehead atoms. The summed E-state index contributed by atoms with van der Waals surface area (Å²) in [5.41, 5.74) is 0. The minimum Gasteiger partial charge on any atom is -0.346 e. The van der Waals surface area contributed by atoms with Gasteiger partial charge in [-0.15, -0.1) is 0 Å². The van der Waals surface area contributed by atoms with E-state index in [-0.39, 0.29) is 0 Å². The fraction of sp³-hybridized carbons (Fsp3) is 0.846. The zero-order chi connectivity index (χ0) is 13.0. The lowest BCUT2D eigenvalue weighted by molar-refractivity contribution is 0.400. The second-order valence-corrected chi connectivity index (χ2v) is 6.01. The average molecular weight is 268 g/mol. The number of hydrogen-bond donors (Lipinski definition) is 1. The molecule has 4 nitrogen and oxygen atoms in total. The van der Waals surface area contributed by atoms with Crippen molar-refractivity contribution in [1.82, 2.24) is 14.7 Å². The Morgan fingerprint density at radius 2 is 2.28 bits per heavy atom.